The lowest BCUT2D eigenvalue weighted by atomic mass is 10.1. The molecule has 0 aliphatic carbocycles. The Morgan fingerprint density at radius 2 is 1.67 bits per heavy atom. The monoisotopic (exact) mass is 386 g/mol. The fourth-order valence-corrected chi connectivity index (χ4v) is 3.07. The summed E-state index contributed by atoms with van der Waals surface area (Å²) in [5, 5.41) is 6.52. The molecule has 3 aromatic rings. The third kappa shape index (κ3) is 3.93. The smallest absolute Gasteiger partial charge is 0.359 e. The van der Waals surface area contributed by atoms with Crippen molar-refractivity contribution in [1.82, 2.24) is 10.2 Å². The van der Waals surface area contributed by atoms with Gasteiger partial charge in [0.2, 0.25) is 0 Å². The van der Waals surface area contributed by atoms with E-state index in [1.54, 1.807) is 24.3 Å². The van der Waals surface area contributed by atoms with Gasteiger partial charge in [0, 0.05) is 17.2 Å². The van der Waals surface area contributed by atoms with E-state index in [0.717, 1.165) is 6.26 Å². The zero-order chi connectivity index (χ0) is 19.6. The van der Waals surface area contributed by atoms with Gasteiger partial charge in [-0.1, -0.05) is 18.2 Å². The Hall–Kier alpha value is -3.33. The summed E-state index contributed by atoms with van der Waals surface area (Å²) < 4.78 is 27.9. The standard InChI is InChI=1S/C18H14N2O6S/c1-27(24,25)12-8-6-11(7-9-12)15(21)10-26-18(23)16-13-4-2-3-5-14(13)17(22)20-19-16/h2-9H,10H2,1H3,(H,20,22). The lowest BCUT2D eigenvalue weighted by molar-refractivity contribution is 0.0470. The van der Waals surface area contributed by atoms with Crippen molar-refractivity contribution < 1.29 is 22.7 Å². The van der Waals surface area contributed by atoms with E-state index in [2.05, 4.69) is 10.2 Å². The maximum absolute atomic E-state index is 12.3. The van der Waals surface area contributed by atoms with Crippen molar-refractivity contribution in [3.63, 3.8) is 0 Å². The first-order valence-electron chi connectivity index (χ1n) is 7.75. The number of aromatic nitrogens is 2. The fourth-order valence-electron chi connectivity index (χ4n) is 2.44. The zero-order valence-electron chi connectivity index (χ0n) is 14.1. The number of fused-ring (bicyclic) bond motifs is 1. The van der Waals surface area contributed by atoms with Gasteiger partial charge in [-0.2, -0.15) is 5.10 Å². The third-order valence-electron chi connectivity index (χ3n) is 3.83. The Labute approximate surface area is 153 Å². The molecule has 0 unspecified atom stereocenters. The highest BCUT2D eigenvalue weighted by atomic mass is 32.2. The van der Waals surface area contributed by atoms with E-state index >= 15 is 0 Å². The van der Waals surface area contributed by atoms with Gasteiger partial charge in [0.15, 0.2) is 27.9 Å². The Kier molecular flexibility index (Phi) is 4.87. The number of esters is 1. The average molecular weight is 386 g/mol. The summed E-state index contributed by atoms with van der Waals surface area (Å²) in [4.78, 5) is 36.2. The number of benzene rings is 2. The van der Waals surface area contributed by atoms with Crippen LogP contribution < -0.4 is 5.56 Å². The zero-order valence-corrected chi connectivity index (χ0v) is 14.9. The van der Waals surface area contributed by atoms with Crippen LogP contribution in [0.15, 0.2) is 58.2 Å². The van der Waals surface area contributed by atoms with E-state index in [1.165, 1.54) is 24.3 Å². The summed E-state index contributed by atoms with van der Waals surface area (Å²) in [5.41, 5.74) is -0.343. The van der Waals surface area contributed by atoms with E-state index in [9.17, 15) is 22.8 Å². The summed E-state index contributed by atoms with van der Waals surface area (Å²) in [6.07, 6.45) is 1.06. The molecule has 8 nitrogen and oxygen atoms in total. The Bertz CT molecular complexity index is 1200. The van der Waals surface area contributed by atoms with E-state index < -0.39 is 33.8 Å². The average Bonchev–Trinajstić information content (AvgIpc) is 2.66. The van der Waals surface area contributed by atoms with Gasteiger partial charge in [-0.05, 0) is 30.3 Å². The molecule has 138 valence electrons. The Balaban J connectivity index is 1.75. The first kappa shape index (κ1) is 18.5. The number of nitrogens with one attached hydrogen (secondary N) is 1. The number of nitrogens with zero attached hydrogens (tertiary/aromatic N) is 1. The van der Waals surface area contributed by atoms with Crippen molar-refractivity contribution in [3.8, 4) is 0 Å². The molecule has 0 bridgehead atoms. The van der Waals surface area contributed by atoms with E-state index in [4.69, 9.17) is 4.74 Å². The van der Waals surface area contributed by atoms with Gasteiger partial charge in [-0.25, -0.2) is 18.3 Å². The molecule has 0 aliphatic heterocycles. The van der Waals surface area contributed by atoms with E-state index in [1.807, 2.05) is 0 Å². The second-order valence-electron chi connectivity index (χ2n) is 5.74. The van der Waals surface area contributed by atoms with Gasteiger partial charge in [0.25, 0.3) is 5.56 Å². The molecule has 0 atom stereocenters. The van der Waals surface area contributed by atoms with Crippen LogP contribution in [0.2, 0.25) is 0 Å². The third-order valence-corrected chi connectivity index (χ3v) is 4.96. The minimum absolute atomic E-state index is 0.0833. The SMILES string of the molecule is CS(=O)(=O)c1ccc(C(=O)COC(=O)c2n[nH]c(=O)c3ccccc23)cc1. The van der Waals surface area contributed by atoms with E-state index in [-0.39, 0.29) is 21.5 Å². The number of aromatic amines is 1. The first-order valence-corrected chi connectivity index (χ1v) is 9.64. The number of Topliss-reactive ketones (excluding diaryl/α,β-unsaturated/α-hetero) is 1. The number of sulfone groups is 1. The summed E-state index contributed by atoms with van der Waals surface area (Å²) in [6.45, 7) is -0.549. The largest absolute Gasteiger partial charge is 0.452 e. The van der Waals surface area contributed by atoms with Crippen LogP contribution >= 0.6 is 0 Å². The van der Waals surface area contributed by atoms with Crippen molar-refractivity contribution in [1.29, 1.82) is 0 Å². The number of carbonyl (C=O) groups is 2. The maximum atomic E-state index is 12.3. The minimum Gasteiger partial charge on any atom is -0.452 e. The molecule has 0 saturated carbocycles. The van der Waals surface area contributed by atoms with Crippen LogP contribution in [-0.2, 0) is 14.6 Å². The highest BCUT2D eigenvalue weighted by Gasteiger charge is 2.17. The van der Waals surface area contributed by atoms with Gasteiger partial charge >= 0.3 is 5.97 Å². The van der Waals surface area contributed by atoms with Crippen LogP contribution in [0, 0.1) is 0 Å². The van der Waals surface area contributed by atoms with Gasteiger partial charge in [0.1, 0.15) is 0 Å². The number of ether oxygens (including phenoxy) is 1. The molecule has 1 heterocycles. The molecule has 0 spiro atoms. The number of ketones is 1. The van der Waals surface area contributed by atoms with Crippen LogP contribution in [0.5, 0.6) is 0 Å². The Morgan fingerprint density at radius 1 is 1.04 bits per heavy atom. The van der Waals surface area contributed by atoms with Crippen LogP contribution in [0.4, 0.5) is 0 Å². The molecule has 0 aliphatic rings. The van der Waals surface area contributed by atoms with Gasteiger partial charge in [-0.15, -0.1) is 0 Å². The summed E-state index contributed by atoms with van der Waals surface area (Å²) in [6, 6.07) is 11.7. The lowest BCUT2D eigenvalue weighted by Crippen LogP contribution is -2.19. The van der Waals surface area contributed by atoms with Gasteiger partial charge in [-0.3, -0.25) is 9.59 Å². The number of carbonyl (C=O) groups excluding carboxylic acids is 2. The summed E-state index contributed by atoms with van der Waals surface area (Å²) >= 11 is 0. The first-order chi connectivity index (χ1) is 12.8. The molecular formula is C18H14N2O6S. The Morgan fingerprint density at radius 3 is 2.30 bits per heavy atom. The van der Waals surface area contributed by atoms with Crippen LogP contribution in [0.1, 0.15) is 20.8 Å². The van der Waals surface area contributed by atoms with Gasteiger partial charge in [0.05, 0.1) is 10.3 Å². The number of rotatable bonds is 5. The molecule has 0 fully saturated rings. The van der Waals surface area contributed by atoms with Crippen molar-refractivity contribution in [2.45, 2.75) is 4.90 Å². The van der Waals surface area contributed by atoms with Crippen LogP contribution in [0.3, 0.4) is 0 Å². The van der Waals surface area contributed by atoms with Crippen molar-refractivity contribution in [2.24, 2.45) is 0 Å². The number of H-pyrrole nitrogens is 1. The van der Waals surface area contributed by atoms with Crippen LogP contribution in [0.25, 0.3) is 10.8 Å². The number of hydrogen-bond acceptors (Lipinski definition) is 7. The summed E-state index contributed by atoms with van der Waals surface area (Å²) in [5.74, 6) is -1.36. The highest BCUT2D eigenvalue weighted by Crippen LogP contribution is 2.14. The fraction of sp³-hybridized carbons (Fsp3) is 0.111. The van der Waals surface area contributed by atoms with Crippen LogP contribution in [-0.4, -0.2) is 43.2 Å². The van der Waals surface area contributed by atoms with E-state index in [0.29, 0.717) is 5.39 Å². The second kappa shape index (κ2) is 7.12. The van der Waals surface area contributed by atoms with Crippen molar-refractivity contribution in [3.05, 3.63) is 70.1 Å². The predicted octanol–water partition coefficient (Wildman–Crippen LogP) is 1.37. The van der Waals surface area contributed by atoms with Crippen molar-refractivity contribution >= 4 is 32.4 Å². The molecule has 3 rings (SSSR count). The van der Waals surface area contributed by atoms with Gasteiger partial charge < -0.3 is 4.74 Å². The van der Waals surface area contributed by atoms with Crippen molar-refractivity contribution in [2.75, 3.05) is 12.9 Å². The molecular weight excluding hydrogens is 372 g/mol. The quantitative estimate of drug-likeness (QED) is 0.519. The normalized spacial score (nSPS) is 11.3. The molecule has 1 N–H and O–H groups in total. The molecule has 0 radical (unpaired) electrons. The number of hydrogen-bond donors (Lipinski definition) is 1. The summed E-state index contributed by atoms with van der Waals surface area (Å²) in [7, 11) is -3.37. The predicted molar refractivity (Wildman–Crippen MR) is 96.5 cm³/mol. The molecule has 2 aromatic carbocycles. The molecule has 1 aromatic heterocycles. The molecule has 27 heavy (non-hydrogen) atoms. The highest BCUT2D eigenvalue weighted by molar-refractivity contribution is 7.90. The lowest BCUT2D eigenvalue weighted by Gasteiger charge is -2.06. The second-order valence-corrected chi connectivity index (χ2v) is 7.76. The minimum atomic E-state index is -3.37. The molecule has 0 saturated heterocycles. The molecule has 0 amide bonds. The molecule has 9 heteroatoms. The maximum Gasteiger partial charge on any atom is 0.359 e. The topological polar surface area (TPSA) is 123 Å².